The average Bonchev–Trinajstić information content (AvgIpc) is 2.72. The van der Waals surface area contributed by atoms with E-state index in [1.54, 1.807) is 12.1 Å². The van der Waals surface area contributed by atoms with Crippen LogP contribution in [0.5, 0.6) is 0 Å². The van der Waals surface area contributed by atoms with E-state index in [0.717, 1.165) is 38.3 Å². The smallest absolute Gasteiger partial charge is 0.238 e. The summed E-state index contributed by atoms with van der Waals surface area (Å²) in [6.45, 7) is 5.77. The maximum absolute atomic E-state index is 12.3. The molecular weight excluding hydrogens is 388 g/mol. The number of piperazine rings is 1. The van der Waals surface area contributed by atoms with Crippen molar-refractivity contribution in [3.05, 3.63) is 59.1 Å². The molecule has 0 radical (unpaired) electrons. The highest BCUT2D eigenvalue weighted by Gasteiger charge is 2.21. The number of hydrogen-bond acceptors (Lipinski definition) is 4. The van der Waals surface area contributed by atoms with Crippen LogP contribution in [0.15, 0.2) is 48.5 Å². The number of anilines is 2. The van der Waals surface area contributed by atoms with Gasteiger partial charge in [-0.3, -0.25) is 19.4 Å². The van der Waals surface area contributed by atoms with Gasteiger partial charge in [0.2, 0.25) is 11.8 Å². The van der Waals surface area contributed by atoms with Gasteiger partial charge in [-0.15, -0.1) is 0 Å². The second-order valence-electron chi connectivity index (χ2n) is 7.18. The fourth-order valence-corrected chi connectivity index (χ4v) is 3.47. The van der Waals surface area contributed by atoms with Gasteiger partial charge in [0.15, 0.2) is 0 Å². The largest absolute Gasteiger partial charge is 0.325 e. The minimum absolute atomic E-state index is 0.0147. The van der Waals surface area contributed by atoms with E-state index >= 15 is 0 Å². The van der Waals surface area contributed by atoms with E-state index in [1.165, 1.54) is 5.56 Å². The third-order valence-electron chi connectivity index (χ3n) is 4.99. The fourth-order valence-electron chi connectivity index (χ4n) is 3.29. The molecule has 6 nitrogen and oxygen atoms in total. The van der Waals surface area contributed by atoms with Gasteiger partial charge in [-0.2, -0.15) is 0 Å². The Labute approximate surface area is 176 Å². The lowest BCUT2D eigenvalue weighted by Gasteiger charge is -2.33. The molecule has 7 heteroatoms. The molecule has 3 rings (SSSR count). The van der Waals surface area contributed by atoms with Gasteiger partial charge in [-0.05, 0) is 36.2 Å². The van der Waals surface area contributed by atoms with E-state index < -0.39 is 0 Å². The van der Waals surface area contributed by atoms with Crippen molar-refractivity contribution < 1.29 is 9.59 Å². The first kappa shape index (κ1) is 21.3. The molecule has 154 valence electrons. The summed E-state index contributed by atoms with van der Waals surface area (Å²) in [5.41, 5.74) is 2.70. The van der Waals surface area contributed by atoms with Gasteiger partial charge >= 0.3 is 0 Å². The first-order chi connectivity index (χ1) is 14.0. The molecule has 1 heterocycles. The zero-order valence-corrected chi connectivity index (χ0v) is 17.4. The summed E-state index contributed by atoms with van der Waals surface area (Å²) in [6, 6.07) is 15.1. The molecule has 1 fully saturated rings. The lowest BCUT2D eigenvalue weighted by Crippen LogP contribution is -2.50. The highest BCUT2D eigenvalue weighted by atomic mass is 35.5. The number of nitrogens with zero attached hydrogens (tertiary/aromatic N) is 2. The van der Waals surface area contributed by atoms with Crippen molar-refractivity contribution in [2.75, 3.05) is 49.9 Å². The van der Waals surface area contributed by atoms with Crippen LogP contribution in [0.3, 0.4) is 0 Å². The first-order valence-corrected chi connectivity index (χ1v) is 10.3. The molecule has 2 aromatic rings. The molecule has 0 aromatic heterocycles. The number of carbonyl (C=O) groups is 2. The third-order valence-corrected chi connectivity index (χ3v) is 5.32. The predicted molar refractivity (Wildman–Crippen MR) is 117 cm³/mol. The minimum Gasteiger partial charge on any atom is -0.325 e. The van der Waals surface area contributed by atoms with E-state index in [-0.39, 0.29) is 11.8 Å². The maximum Gasteiger partial charge on any atom is 0.238 e. The average molecular weight is 415 g/mol. The Balaban J connectivity index is 1.39. The first-order valence-electron chi connectivity index (χ1n) is 9.91. The Morgan fingerprint density at radius 3 is 1.97 bits per heavy atom. The molecule has 2 amide bonds. The lowest BCUT2D eigenvalue weighted by molar-refractivity contribution is -0.120. The Morgan fingerprint density at radius 2 is 1.41 bits per heavy atom. The van der Waals surface area contributed by atoms with Crippen LogP contribution in [0.1, 0.15) is 12.5 Å². The summed E-state index contributed by atoms with van der Waals surface area (Å²) in [5, 5.41) is 6.32. The molecule has 2 N–H and O–H groups in total. The van der Waals surface area contributed by atoms with Crippen LogP contribution in [0.2, 0.25) is 5.02 Å². The van der Waals surface area contributed by atoms with Gasteiger partial charge in [0.25, 0.3) is 0 Å². The second kappa shape index (κ2) is 10.4. The quantitative estimate of drug-likeness (QED) is 0.730. The second-order valence-corrected chi connectivity index (χ2v) is 7.59. The zero-order valence-electron chi connectivity index (χ0n) is 16.7. The molecule has 29 heavy (non-hydrogen) atoms. The van der Waals surface area contributed by atoms with Crippen LogP contribution in [-0.4, -0.2) is 60.9 Å². The normalized spacial score (nSPS) is 15.1. The van der Waals surface area contributed by atoms with E-state index in [2.05, 4.69) is 27.4 Å². The van der Waals surface area contributed by atoms with Crippen LogP contribution < -0.4 is 10.6 Å². The molecule has 0 bridgehead atoms. The zero-order chi connectivity index (χ0) is 20.6. The number of rotatable bonds is 7. The molecule has 0 spiro atoms. The van der Waals surface area contributed by atoms with Crippen molar-refractivity contribution in [1.82, 2.24) is 9.80 Å². The van der Waals surface area contributed by atoms with Gasteiger partial charge in [-0.1, -0.05) is 42.8 Å². The van der Waals surface area contributed by atoms with Crippen LogP contribution in [0.25, 0.3) is 0 Å². The molecule has 1 saturated heterocycles. The number of nitrogens with one attached hydrogen (secondary N) is 2. The van der Waals surface area contributed by atoms with Gasteiger partial charge < -0.3 is 10.6 Å². The van der Waals surface area contributed by atoms with Crippen LogP contribution >= 0.6 is 11.6 Å². The fraction of sp³-hybridized carbons (Fsp3) is 0.364. The lowest BCUT2D eigenvalue weighted by atomic mass is 10.1. The summed E-state index contributed by atoms with van der Waals surface area (Å²) in [7, 11) is 0. The molecule has 1 aliphatic heterocycles. The number of carbonyl (C=O) groups excluding carboxylic acids is 2. The Morgan fingerprint density at radius 1 is 0.862 bits per heavy atom. The number of aryl methyl sites for hydroxylation is 1. The molecule has 0 atom stereocenters. The Kier molecular flexibility index (Phi) is 7.63. The molecule has 2 aromatic carbocycles. The van der Waals surface area contributed by atoms with Crippen molar-refractivity contribution in [2.45, 2.75) is 13.3 Å². The topological polar surface area (TPSA) is 64.7 Å². The number of benzene rings is 2. The Hall–Kier alpha value is -2.41. The monoisotopic (exact) mass is 414 g/mol. The number of para-hydroxylation sites is 1. The summed E-state index contributed by atoms with van der Waals surface area (Å²) >= 11 is 6.08. The Bertz CT molecular complexity index is 833. The van der Waals surface area contributed by atoms with Crippen LogP contribution in [0.4, 0.5) is 11.4 Å². The van der Waals surface area contributed by atoms with E-state index in [0.29, 0.717) is 23.8 Å². The van der Waals surface area contributed by atoms with Crippen molar-refractivity contribution in [3.63, 3.8) is 0 Å². The van der Waals surface area contributed by atoms with Gasteiger partial charge in [-0.25, -0.2) is 0 Å². The minimum atomic E-state index is -0.0835. The summed E-state index contributed by atoms with van der Waals surface area (Å²) in [4.78, 5) is 28.7. The van der Waals surface area contributed by atoms with Crippen LogP contribution in [-0.2, 0) is 16.0 Å². The van der Waals surface area contributed by atoms with Crippen molar-refractivity contribution >= 4 is 34.8 Å². The third kappa shape index (κ3) is 6.56. The predicted octanol–water partition coefficient (Wildman–Crippen LogP) is 3.10. The summed E-state index contributed by atoms with van der Waals surface area (Å²) < 4.78 is 0. The number of halogens is 1. The standard InChI is InChI=1S/C22H27ClN4O2/c1-2-17-7-9-18(10-8-17)24-21(28)15-26-11-13-27(14-12-26)16-22(29)25-20-6-4-3-5-19(20)23/h3-10H,2,11-16H2,1H3,(H,24,28)(H,25,29). The number of amides is 2. The van der Waals surface area contributed by atoms with Crippen molar-refractivity contribution in [3.8, 4) is 0 Å². The van der Waals surface area contributed by atoms with Gasteiger partial charge in [0.1, 0.15) is 0 Å². The van der Waals surface area contributed by atoms with E-state index in [1.807, 2.05) is 36.4 Å². The van der Waals surface area contributed by atoms with Crippen LogP contribution in [0, 0.1) is 0 Å². The molecule has 1 aliphatic rings. The maximum atomic E-state index is 12.3. The molecule has 0 unspecified atom stereocenters. The summed E-state index contributed by atoms with van der Waals surface area (Å²) in [5.74, 6) is -0.0982. The van der Waals surface area contributed by atoms with E-state index in [4.69, 9.17) is 11.6 Å². The highest BCUT2D eigenvalue weighted by Crippen LogP contribution is 2.20. The van der Waals surface area contributed by atoms with Gasteiger partial charge in [0, 0.05) is 31.9 Å². The van der Waals surface area contributed by atoms with Crippen molar-refractivity contribution in [2.24, 2.45) is 0 Å². The molecule has 0 aliphatic carbocycles. The number of hydrogen-bond donors (Lipinski definition) is 2. The molecule has 0 saturated carbocycles. The van der Waals surface area contributed by atoms with Crippen molar-refractivity contribution in [1.29, 1.82) is 0 Å². The highest BCUT2D eigenvalue weighted by molar-refractivity contribution is 6.33. The molecular formula is C22H27ClN4O2. The van der Waals surface area contributed by atoms with E-state index in [9.17, 15) is 9.59 Å². The summed E-state index contributed by atoms with van der Waals surface area (Å²) in [6.07, 6.45) is 0.981. The SMILES string of the molecule is CCc1ccc(NC(=O)CN2CCN(CC(=O)Nc3ccccc3Cl)CC2)cc1. The van der Waals surface area contributed by atoms with Gasteiger partial charge in [0.05, 0.1) is 23.8 Å².